The van der Waals surface area contributed by atoms with E-state index in [0.29, 0.717) is 18.0 Å². The number of aliphatic hydroxyl groups excluding tert-OH is 1. The van der Waals surface area contributed by atoms with Gasteiger partial charge in [-0.1, -0.05) is 18.2 Å². The lowest BCUT2D eigenvalue weighted by molar-refractivity contribution is -0.142. The molecule has 3 unspecified atom stereocenters. The minimum Gasteiger partial charge on any atom is -0.481 e. The van der Waals surface area contributed by atoms with Crippen molar-refractivity contribution in [2.45, 2.75) is 12.0 Å². The van der Waals surface area contributed by atoms with Crippen LogP contribution in [0.25, 0.3) is 0 Å². The highest BCUT2D eigenvalue weighted by Gasteiger charge is 2.44. The summed E-state index contributed by atoms with van der Waals surface area (Å²) in [6, 6.07) is 5.36. The van der Waals surface area contributed by atoms with E-state index in [9.17, 15) is 9.90 Å². The van der Waals surface area contributed by atoms with Crippen LogP contribution in [0.1, 0.15) is 11.5 Å². The van der Waals surface area contributed by atoms with E-state index in [1.807, 2.05) is 30.1 Å². The second kappa shape index (κ2) is 5.98. The molecular formula is C16H19NO5. The Morgan fingerprint density at radius 1 is 1.41 bits per heavy atom. The summed E-state index contributed by atoms with van der Waals surface area (Å²) in [5.74, 6) is -0.171. The second-order valence-electron chi connectivity index (χ2n) is 5.62. The van der Waals surface area contributed by atoms with Crippen molar-refractivity contribution < 1.29 is 24.5 Å². The van der Waals surface area contributed by atoms with Crippen LogP contribution in [-0.4, -0.2) is 54.1 Å². The quantitative estimate of drug-likeness (QED) is 0.810. The lowest BCUT2D eigenvalue weighted by Crippen LogP contribution is -2.32. The molecule has 2 aliphatic heterocycles. The summed E-state index contributed by atoms with van der Waals surface area (Å²) in [6.07, 6.45) is 3.37. The molecule has 0 radical (unpaired) electrons. The molecule has 1 aromatic carbocycles. The third-order valence-corrected chi connectivity index (χ3v) is 4.34. The number of aliphatic carboxylic acids is 1. The molecule has 6 nitrogen and oxygen atoms in total. The molecular weight excluding hydrogens is 286 g/mol. The molecule has 118 valence electrons. The largest absolute Gasteiger partial charge is 0.481 e. The number of rotatable bonds is 4. The van der Waals surface area contributed by atoms with Crippen molar-refractivity contribution in [3.8, 4) is 11.5 Å². The van der Waals surface area contributed by atoms with E-state index in [1.54, 1.807) is 12.2 Å². The number of carboxylic acid groups (broad SMARTS) is 1. The number of nitrogens with zero attached hydrogens (tertiary/aromatic N) is 1. The Bertz CT molecular complexity index is 600. The molecule has 3 atom stereocenters. The van der Waals surface area contributed by atoms with E-state index in [-0.39, 0.29) is 25.4 Å². The molecule has 1 fully saturated rings. The van der Waals surface area contributed by atoms with Crippen LogP contribution in [0.5, 0.6) is 11.5 Å². The lowest BCUT2D eigenvalue weighted by Gasteiger charge is -2.20. The number of likely N-dealkylation sites (tertiary alicyclic amines) is 1. The first kappa shape index (κ1) is 14.9. The van der Waals surface area contributed by atoms with E-state index in [4.69, 9.17) is 14.6 Å². The van der Waals surface area contributed by atoms with Crippen molar-refractivity contribution in [1.82, 2.24) is 4.90 Å². The Balaban J connectivity index is 1.92. The van der Waals surface area contributed by atoms with Crippen molar-refractivity contribution in [3.63, 3.8) is 0 Å². The van der Waals surface area contributed by atoms with Crippen molar-refractivity contribution in [2.75, 3.05) is 27.0 Å². The second-order valence-corrected chi connectivity index (χ2v) is 5.62. The van der Waals surface area contributed by atoms with Gasteiger partial charge in [-0.25, -0.2) is 0 Å². The number of hydrogen-bond acceptors (Lipinski definition) is 5. The van der Waals surface area contributed by atoms with Gasteiger partial charge >= 0.3 is 5.97 Å². The van der Waals surface area contributed by atoms with Gasteiger partial charge in [0.05, 0.1) is 12.5 Å². The highest BCUT2D eigenvalue weighted by atomic mass is 16.7. The topological polar surface area (TPSA) is 79.2 Å². The third-order valence-electron chi connectivity index (χ3n) is 4.34. The predicted molar refractivity (Wildman–Crippen MR) is 79.1 cm³/mol. The number of benzene rings is 1. The Hall–Kier alpha value is -2.05. The van der Waals surface area contributed by atoms with E-state index >= 15 is 0 Å². The average molecular weight is 305 g/mol. The van der Waals surface area contributed by atoms with Crippen LogP contribution in [0.15, 0.2) is 30.4 Å². The summed E-state index contributed by atoms with van der Waals surface area (Å²) < 4.78 is 10.7. The highest BCUT2D eigenvalue weighted by Crippen LogP contribution is 2.41. The van der Waals surface area contributed by atoms with Crippen LogP contribution in [-0.2, 0) is 4.79 Å². The van der Waals surface area contributed by atoms with Gasteiger partial charge in [0, 0.05) is 18.5 Å². The van der Waals surface area contributed by atoms with Gasteiger partial charge in [-0.05, 0) is 24.7 Å². The number of fused-ring (bicyclic) bond motifs is 1. The zero-order valence-electron chi connectivity index (χ0n) is 12.3. The predicted octanol–water partition coefficient (Wildman–Crippen LogP) is 1.06. The number of carbonyl (C=O) groups is 1. The number of likely N-dealkylation sites (N-methyl/N-ethyl adjacent to an activating group) is 1. The summed E-state index contributed by atoms with van der Waals surface area (Å²) >= 11 is 0. The van der Waals surface area contributed by atoms with Gasteiger partial charge in [-0.15, -0.1) is 0 Å². The van der Waals surface area contributed by atoms with Crippen LogP contribution in [0.2, 0.25) is 0 Å². The first-order chi connectivity index (χ1) is 10.6. The molecule has 1 saturated heterocycles. The van der Waals surface area contributed by atoms with Gasteiger partial charge in [0.2, 0.25) is 6.79 Å². The smallest absolute Gasteiger partial charge is 0.309 e. The van der Waals surface area contributed by atoms with Crippen LogP contribution in [0, 0.1) is 5.92 Å². The van der Waals surface area contributed by atoms with Crippen molar-refractivity contribution in [2.24, 2.45) is 5.92 Å². The fourth-order valence-corrected chi connectivity index (χ4v) is 3.30. The van der Waals surface area contributed by atoms with Crippen LogP contribution in [0.4, 0.5) is 0 Å². The molecule has 2 aliphatic rings. The zero-order valence-corrected chi connectivity index (χ0v) is 12.3. The van der Waals surface area contributed by atoms with Crippen molar-refractivity contribution in [1.29, 1.82) is 0 Å². The first-order valence-corrected chi connectivity index (χ1v) is 7.22. The number of aliphatic hydroxyl groups is 1. The summed E-state index contributed by atoms with van der Waals surface area (Å²) in [4.78, 5) is 13.8. The SMILES string of the molecule is CN1CC(c2ccc3c(c2)OCO3)C(C(=O)O)C1C=CCO. The molecule has 0 aliphatic carbocycles. The van der Waals surface area contributed by atoms with Crippen LogP contribution >= 0.6 is 0 Å². The van der Waals surface area contributed by atoms with Crippen molar-refractivity contribution >= 4 is 5.97 Å². The van der Waals surface area contributed by atoms with E-state index in [1.165, 1.54) is 0 Å². The normalized spacial score (nSPS) is 27.6. The molecule has 0 aromatic heterocycles. The molecule has 0 amide bonds. The molecule has 6 heteroatoms. The molecule has 2 heterocycles. The van der Waals surface area contributed by atoms with Gasteiger partial charge in [-0.2, -0.15) is 0 Å². The Kier molecular flexibility index (Phi) is 4.04. The molecule has 22 heavy (non-hydrogen) atoms. The number of carboxylic acids is 1. The summed E-state index contributed by atoms with van der Waals surface area (Å²) in [7, 11) is 1.90. The van der Waals surface area contributed by atoms with Gasteiger partial charge in [0.15, 0.2) is 11.5 Å². The van der Waals surface area contributed by atoms with E-state index < -0.39 is 11.9 Å². The minimum atomic E-state index is -0.834. The first-order valence-electron chi connectivity index (χ1n) is 7.22. The van der Waals surface area contributed by atoms with E-state index in [0.717, 1.165) is 5.56 Å². The van der Waals surface area contributed by atoms with Gasteiger partial charge in [-0.3, -0.25) is 9.69 Å². The maximum absolute atomic E-state index is 11.8. The third kappa shape index (κ3) is 2.55. The summed E-state index contributed by atoms with van der Waals surface area (Å²) in [6.45, 7) is 0.746. The molecule has 0 spiro atoms. The number of ether oxygens (including phenoxy) is 2. The molecule has 2 N–H and O–H groups in total. The molecule has 1 aromatic rings. The monoisotopic (exact) mass is 305 g/mol. The molecule has 0 saturated carbocycles. The van der Waals surface area contributed by atoms with Crippen LogP contribution in [0.3, 0.4) is 0 Å². The van der Waals surface area contributed by atoms with E-state index in [2.05, 4.69) is 0 Å². The van der Waals surface area contributed by atoms with Gasteiger partial charge < -0.3 is 19.7 Å². The number of hydrogen-bond donors (Lipinski definition) is 2. The van der Waals surface area contributed by atoms with Crippen LogP contribution < -0.4 is 9.47 Å². The van der Waals surface area contributed by atoms with Crippen molar-refractivity contribution in [3.05, 3.63) is 35.9 Å². The summed E-state index contributed by atoms with van der Waals surface area (Å²) in [5.41, 5.74) is 0.934. The maximum Gasteiger partial charge on any atom is 0.309 e. The lowest BCUT2D eigenvalue weighted by atomic mass is 9.85. The zero-order chi connectivity index (χ0) is 15.7. The molecule has 0 bridgehead atoms. The molecule has 3 rings (SSSR count). The van der Waals surface area contributed by atoms with Gasteiger partial charge in [0.25, 0.3) is 0 Å². The maximum atomic E-state index is 11.8. The fraction of sp³-hybridized carbons (Fsp3) is 0.438. The minimum absolute atomic E-state index is 0.0919. The highest BCUT2D eigenvalue weighted by molar-refractivity contribution is 5.73. The van der Waals surface area contributed by atoms with Gasteiger partial charge in [0.1, 0.15) is 0 Å². The summed E-state index contributed by atoms with van der Waals surface area (Å²) in [5, 5.41) is 18.6. The fourth-order valence-electron chi connectivity index (χ4n) is 3.30. The standard InChI is InChI=1S/C16H19NO5/c1-17-8-11(15(16(19)20)12(17)3-2-6-18)10-4-5-13-14(7-10)22-9-21-13/h2-5,7,11-12,15,18H,6,8-9H2,1H3,(H,19,20). The Morgan fingerprint density at radius 2 is 2.18 bits per heavy atom. The Labute approximate surface area is 128 Å². The Morgan fingerprint density at radius 3 is 2.91 bits per heavy atom. The average Bonchev–Trinajstić information content (AvgIpc) is 3.08.